The second kappa shape index (κ2) is 12.7. The summed E-state index contributed by atoms with van der Waals surface area (Å²) < 4.78 is 21.8. The van der Waals surface area contributed by atoms with Crippen LogP contribution in [-0.2, 0) is 17.9 Å². The van der Waals surface area contributed by atoms with Crippen molar-refractivity contribution in [1.82, 2.24) is 9.47 Å². The van der Waals surface area contributed by atoms with Gasteiger partial charge in [0.2, 0.25) is 0 Å². The average Bonchev–Trinajstić information content (AvgIpc) is 3.50. The van der Waals surface area contributed by atoms with Gasteiger partial charge >= 0.3 is 5.97 Å². The number of carbonyl (C=O) groups is 1. The Morgan fingerprint density at radius 1 is 1.05 bits per heavy atom. The summed E-state index contributed by atoms with van der Waals surface area (Å²) >= 11 is 12.4. The minimum absolute atomic E-state index is 0.0396. The highest BCUT2D eigenvalue weighted by molar-refractivity contribution is 6.42. The Kier molecular flexibility index (Phi) is 9.41. The molecule has 1 aliphatic rings. The lowest BCUT2D eigenvalue weighted by Gasteiger charge is -2.33. The maximum absolute atomic E-state index is 15.0. The fraction of sp³-hybridized carbons (Fsp3) is 0.393. The van der Waals surface area contributed by atoms with Crippen LogP contribution in [0.25, 0.3) is 0 Å². The third-order valence-electron chi connectivity index (χ3n) is 6.99. The first-order valence-electron chi connectivity index (χ1n) is 12.6. The highest BCUT2D eigenvalue weighted by atomic mass is 35.5. The summed E-state index contributed by atoms with van der Waals surface area (Å²) in [5.74, 6) is -1.22. The van der Waals surface area contributed by atoms with Crippen LogP contribution >= 0.6 is 23.2 Å². The SMILES string of the molecule is O=C(O)CC(c1ccc(Cl)c(Cl)c1)N(Cc1ccc(OCCn2c(O)ccc2O)c(F)c1)CC1CCCC1. The number of ether oxygens (including phenoxy) is 1. The van der Waals surface area contributed by atoms with E-state index in [0.717, 1.165) is 31.2 Å². The van der Waals surface area contributed by atoms with Gasteiger partial charge in [-0.25, -0.2) is 4.39 Å². The number of halogens is 3. The Balaban J connectivity index is 1.52. The molecule has 0 amide bonds. The van der Waals surface area contributed by atoms with Gasteiger partial charge in [-0.2, -0.15) is 0 Å². The summed E-state index contributed by atoms with van der Waals surface area (Å²) in [6.07, 6.45) is 4.31. The zero-order valence-corrected chi connectivity index (χ0v) is 22.3. The van der Waals surface area contributed by atoms with E-state index in [1.165, 1.54) is 22.8 Å². The van der Waals surface area contributed by atoms with Crippen molar-refractivity contribution in [1.29, 1.82) is 0 Å². The van der Waals surface area contributed by atoms with Gasteiger partial charge in [0, 0.05) is 31.3 Å². The van der Waals surface area contributed by atoms with E-state index in [9.17, 15) is 24.5 Å². The molecule has 1 aromatic heterocycles. The van der Waals surface area contributed by atoms with Crippen LogP contribution in [0.4, 0.5) is 4.39 Å². The molecule has 0 saturated heterocycles. The Bertz CT molecular complexity index is 1240. The van der Waals surface area contributed by atoms with Crippen LogP contribution in [-0.4, -0.2) is 43.9 Å². The molecule has 10 heteroatoms. The summed E-state index contributed by atoms with van der Waals surface area (Å²) in [6, 6.07) is 12.1. The van der Waals surface area contributed by atoms with E-state index in [1.54, 1.807) is 30.3 Å². The van der Waals surface area contributed by atoms with Crippen LogP contribution in [0.3, 0.4) is 0 Å². The molecule has 1 heterocycles. The van der Waals surface area contributed by atoms with E-state index in [0.29, 0.717) is 34.6 Å². The number of hydrogen-bond donors (Lipinski definition) is 3. The van der Waals surface area contributed by atoms with Crippen LogP contribution in [0.2, 0.25) is 10.0 Å². The number of aromatic nitrogens is 1. The van der Waals surface area contributed by atoms with Gasteiger partial charge in [0.05, 0.1) is 23.0 Å². The van der Waals surface area contributed by atoms with Crippen molar-refractivity contribution in [3.63, 3.8) is 0 Å². The lowest BCUT2D eigenvalue weighted by Crippen LogP contribution is -2.34. The number of carboxylic acids is 1. The number of aliphatic carboxylic acids is 1. The molecule has 3 N–H and O–H groups in total. The minimum Gasteiger partial charge on any atom is -0.494 e. The number of nitrogens with zero attached hydrogens (tertiary/aromatic N) is 2. The van der Waals surface area contributed by atoms with Crippen LogP contribution < -0.4 is 4.74 Å². The summed E-state index contributed by atoms with van der Waals surface area (Å²) in [6.45, 7) is 1.21. The molecule has 2 aromatic carbocycles. The normalized spacial score (nSPS) is 14.7. The third kappa shape index (κ3) is 7.12. The summed E-state index contributed by atoms with van der Waals surface area (Å²) in [5.41, 5.74) is 1.43. The molecule has 1 unspecified atom stereocenters. The maximum atomic E-state index is 15.0. The van der Waals surface area contributed by atoms with Crippen LogP contribution in [0, 0.1) is 11.7 Å². The van der Waals surface area contributed by atoms with Gasteiger partial charge in [0.15, 0.2) is 23.3 Å². The highest BCUT2D eigenvalue weighted by Gasteiger charge is 2.28. The first-order valence-corrected chi connectivity index (χ1v) is 13.4. The van der Waals surface area contributed by atoms with Gasteiger partial charge in [-0.15, -0.1) is 0 Å². The molecular formula is C28H31Cl2FN2O5. The number of benzene rings is 2. The first-order chi connectivity index (χ1) is 18.2. The Morgan fingerprint density at radius 3 is 2.39 bits per heavy atom. The molecule has 204 valence electrons. The molecule has 0 bridgehead atoms. The lowest BCUT2D eigenvalue weighted by molar-refractivity contribution is -0.138. The zero-order chi connectivity index (χ0) is 27.2. The maximum Gasteiger partial charge on any atom is 0.305 e. The van der Waals surface area contributed by atoms with E-state index in [4.69, 9.17) is 27.9 Å². The van der Waals surface area contributed by atoms with Crippen LogP contribution in [0.5, 0.6) is 17.5 Å². The average molecular weight is 565 g/mol. The molecular weight excluding hydrogens is 534 g/mol. The van der Waals surface area contributed by atoms with Gasteiger partial charge < -0.3 is 20.1 Å². The number of hydrogen-bond acceptors (Lipinski definition) is 5. The van der Waals surface area contributed by atoms with Crippen LogP contribution in [0.1, 0.15) is 49.3 Å². The van der Waals surface area contributed by atoms with Crippen molar-refractivity contribution in [2.45, 2.75) is 51.2 Å². The molecule has 0 radical (unpaired) electrons. The van der Waals surface area contributed by atoms with E-state index >= 15 is 0 Å². The highest BCUT2D eigenvalue weighted by Crippen LogP contribution is 2.35. The fourth-order valence-electron chi connectivity index (χ4n) is 5.09. The van der Waals surface area contributed by atoms with Crippen molar-refractivity contribution in [3.05, 3.63) is 75.5 Å². The predicted molar refractivity (Wildman–Crippen MR) is 143 cm³/mol. The van der Waals surface area contributed by atoms with Crippen molar-refractivity contribution in [2.24, 2.45) is 5.92 Å². The van der Waals surface area contributed by atoms with E-state index in [-0.39, 0.29) is 37.1 Å². The predicted octanol–water partition coefficient (Wildman–Crippen LogP) is 6.63. The van der Waals surface area contributed by atoms with E-state index in [2.05, 4.69) is 4.90 Å². The molecule has 1 aliphatic carbocycles. The van der Waals surface area contributed by atoms with Gasteiger partial charge in [0.1, 0.15) is 6.61 Å². The molecule has 1 fully saturated rings. The Hall–Kier alpha value is -2.94. The number of aromatic hydroxyl groups is 2. The summed E-state index contributed by atoms with van der Waals surface area (Å²) in [7, 11) is 0. The largest absolute Gasteiger partial charge is 0.494 e. The van der Waals surface area contributed by atoms with Crippen molar-refractivity contribution >= 4 is 29.2 Å². The molecule has 38 heavy (non-hydrogen) atoms. The van der Waals surface area contributed by atoms with Crippen molar-refractivity contribution in [3.8, 4) is 17.5 Å². The van der Waals surface area contributed by atoms with E-state index < -0.39 is 17.8 Å². The Morgan fingerprint density at radius 2 is 1.76 bits per heavy atom. The smallest absolute Gasteiger partial charge is 0.305 e. The van der Waals surface area contributed by atoms with E-state index in [1.807, 2.05) is 0 Å². The van der Waals surface area contributed by atoms with Gasteiger partial charge in [-0.1, -0.05) is 48.2 Å². The molecule has 4 rings (SSSR count). The fourth-order valence-corrected chi connectivity index (χ4v) is 5.39. The summed E-state index contributed by atoms with van der Waals surface area (Å²) in [4.78, 5) is 14.0. The molecule has 1 atom stereocenters. The van der Waals surface area contributed by atoms with Gasteiger partial charge in [-0.05, 0) is 54.2 Å². The quantitative estimate of drug-likeness (QED) is 0.228. The monoisotopic (exact) mass is 564 g/mol. The summed E-state index contributed by atoms with van der Waals surface area (Å²) in [5, 5.41) is 29.9. The van der Waals surface area contributed by atoms with Gasteiger partial charge in [-0.3, -0.25) is 14.3 Å². The van der Waals surface area contributed by atoms with Crippen LogP contribution in [0.15, 0.2) is 48.5 Å². The lowest BCUT2D eigenvalue weighted by atomic mass is 9.98. The molecule has 1 saturated carbocycles. The second-order valence-corrected chi connectivity index (χ2v) is 10.5. The van der Waals surface area contributed by atoms with Crippen molar-refractivity contribution in [2.75, 3.05) is 13.2 Å². The Labute approximate surface area is 231 Å². The zero-order valence-electron chi connectivity index (χ0n) is 20.8. The molecule has 0 aliphatic heterocycles. The number of carboxylic acid groups (broad SMARTS) is 1. The van der Waals surface area contributed by atoms with Crippen molar-refractivity contribution < 1.29 is 29.2 Å². The molecule has 0 spiro atoms. The first kappa shape index (κ1) is 28.1. The standard InChI is InChI=1S/C28H31Cl2FN2O5/c29-21-7-6-20(14-22(21)30)24(15-28(36)37)32(16-18-3-1-2-4-18)17-19-5-8-25(23(31)13-19)38-12-11-33-26(34)9-10-27(33)35/h5-10,13-14,18,24,34-35H,1-4,11-12,15-17H2,(H,36,37). The van der Waals surface area contributed by atoms with Gasteiger partial charge in [0.25, 0.3) is 0 Å². The number of rotatable bonds is 12. The molecule has 3 aromatic rings. The second-order valence-electron chi connectivity index (χ2n) is 9.68. The molecule has 7 nitrogen and oxygen atoms in total. The topological polar surface area (TPSA) is 95.2 Å². The minimum atomic E-state index is -0.938. The third-order valence-corrected chi connectivity index (χ3v) is 7.73.